The van der Waals surface area contributed by atoms with E-state index in [2.05, 4.69) is 4.72 Å². The van der Waals surface area contributed by atoms with Gasteiger partial charge >= 0.3 is 0 Å². The molecule has 1 aromatic carbocycles. The molecular formula is C15H24N2O4S2. The summed E-state index contributed by atoms with van der Waals surface area (Å²) in [6.07, 6.45) is 3.69. The van der Waals surface area contributed by atoms with Crippen molar-refractivity contribution < 1.29 is 16.8 Å². The Bertz CT molecular complexity index is 801. The molecule has 23 heavy (non-hydrogen) atoms. The summed E-state index contributed by atoms with van der Waals surface area (Å²) in [7, 11) is -7.29. The van der Waals surface area contributed by atoms with Gasteiger partial charge in [0.2, 0.25) is 10.0 Å². The van der Waals surface area contributed by atoms with Crippen LogP contribution in [0.25, 0.3) is 0 Å². The Labute approximate surface area is 138 Å². The second kappa shape index (κ2) is 6.51. The molecule has 1 aromatic rings. The molecule has 3 N–H and O–H groups in total. The minimum Gasteiger partial charge on any atom is -0.330 e. The fourth-order valence-corrected chi connectivity index (χ4v) is 6.01. The second-order valence-electron chi connectivity index (χ2n) is 6.31. The minimum atomic E-state index is -3.79. The van der Waals surface area contributed by atoms with Crippen LogP contribution in [0.4, 0.5) is 0 Å². The number of nitrogens with one attached hydrogen (secondary N) is 1. The maximum atomic E-state index is 12.8. The number of hydrogen-bond acceptors (Lipinski definition) is 5. The standard InChI is InChI=1S/C15H24N2O4S2/c1-10-7-14(22(3,18)19)11(2)15(8-10)23(20,21)17-13-6-4-5-12(13)9-16/h7-8,12-13,17H,4-6,9,16H2,1-3H3/t12-,13+/m1/s1. The molecule has 1 fully saturated rings. The van der Waals surface area contributed by atoms with Crippen molar-refractivity contribution in [3.63, 3.8) is 0 Å². The van der Waals surface area contributed by atoms with E-state index in [1.165, 1.54) is 19.1 Å². The van der Waals surface area contributed by atoms with Crippen LogP contribution >= 0.6 is 0 Å². The summed E-state index contributed by atoms with van der Waals surface area (Å²) < 4.78 is 52.0. The molecule has 0 aliphatic heterocycles. The predicted molar refractivity (Wildman–Crippen MR) is 89.5 cm³/mol. The van der Waals surface area contributed by atoms with Crippen molar-refractivity contribution in [1.29, 1.82) is 0 Å². The molecule has 1 aliphatic carbocycles. The zero-order valence-corrected chi connectivity index (χ0v) is 15.3. The molecule has 8 heteroatoms. The van der Waals surface area contributed by atoms with Crippen LogP contribution in [0.3, 0.4) is 0 Å². The van der Waals surface area contributed by atoms with Crippen molar-refractivity contribution in [2.24, 2.45) is 11.7 Å². The van der Waals surface area contributed by atoms with Gasteiger partial charge in [0.15, 0.2) is 9.84 Å². The molecule has 1 saturated carbocycles. The molecule has 0 saturated heterocycles. The van der Waals surface area contributed by atoms with Crippen molar-refractivity contribution in [2.75, 3.05) is 12.8 Å². The van der Waals surface area contributed by atoms with Gasteiger partial charge in [-0.1, -0.05) is 6.42 Å². The molecule has 130 valence electrons. The van der Waals surface area contributed by atoms with Gasteiger partial charge in [-0.25, -0.2) is 21.6 Å². The van der Waals surface area contributed by atoms with Gasteiger partial charge in [0.05, 0.1) is 9.79 Å². The number of benzene rings is 1. The molecule has 0 bridgehead atoms. The Balaban J connectivity index is 2.46. The molecule has 0 amide bonds. The van der Waals surface area contributed by atoms with Gasteiger partial charge in [-0.3, -0.25) is 0 Å². The number of hydrogen-bond donors (Lipinski definition) is 2. The number of rotatable bonds is 5. The van der Waals surface area contributed by atoms with E-state index in [9.17, 15) is 16.8 Å². The van der Waals surface area contributed by atoms with E-state index in [0.717, 1.165) is 25.5 Å². The first kappa shape index (κ1) is 18.4. The molecular weight excluding hydrogens is 336 g/mol. The maximum absolute atomic E-state index is 12.8. The van der Waals surface area contributed by atoms with Crippen molar-refractivity contribution in [1.82, 2.24) is 4.72 Å². The number of aryl methyl sites for hydroxylation is 1. The largest absolute Gasteiger partial charge is 0.330 e. The molecule has 2 atom stereocenters. The van der Waals surface area contributed by atoms with Crippen LogP contribution in [0.1, 0.15) is 30.4 Å². The molecule has 0 aromatic heterocycles. The van der Waals surface area contributed by atoms with Crippen molar-refractivity contribution >= 4 is 19.9 Å². The van der Waals surface area contributed by atoms with E-state index in [1.54, 1.807) is 6.92 Å². The molecule has 0 heterocycles. The first-order valence-corrected chi connectivity index (χ1v) is 11.0. The Morgan fingerprint density at radius 2 is 1.74 bits per heavy atom. The smallest absolute Gasteiger partial charge is 0.241 e. The van der Waals surface area contributed by atoms with Crippen LogP contribution in [0.2, 0.25) is 0 Å². The SMILES string of the molecule is Cc1cc(S(C)(=O)=O)c(C)c(S(=O)(=O)N[C@H]2CCC[C@@H]2CN)c1. The van der Waals surface area contributed by atoms with Gasteiger partial charge < -0.3 is 5.73 Å². The topological polar surface area (TPSA) is 106 Å². The van der Waals surface area contributed by atoms with Crippen LogP contribution in [0.15, 0.2) is 21.9 Å². The highest BCUT2D eigenvalue weighted by Crippen LogP contribution is 2.29. The van der Waals surface area contributed by atoms with E-state index < -0.39 is 19.9 Å². The molecule has 1 aliphatic rings. The second-order valence-corrected chi connectivity index (χ2v) is 9.98. The van der Waals surface area contributed by atoms with Crippen molar-refractivity contribution in [2.45, 2.75) is 48.9 Å². The summed E-state index contributed by atoms with van der Waals surface area (Å²) in [5.41, 5.74) is 6.56. The molecule has 2 rings (SSSR count). The average Bonchev–Trinajstić information content (AvgIpc) is 2.86. The summed E-state index contributed by atoms with van der Waals surface area (Å²) in [5.74, 6) is 0.129. The average molecular weight is 361 g/mol. The predicted octanol–water partition coefficient (Wildman–Crippen LogP) is 1.11. The Kier molecular flexibility index (Phi) is 5.20. The zero-order chi connectivity index (χ0) is 17.4. The molecule has 6 nitrogen and oxygen atoms in total. The first-order chi connectivity index (χ1) is 10.6. The Morgan fingerprint density at radius 1 is 1.13 bits per heavy atom. The lowest BCUT2D eigenvalue weighted by atomic mass is 10.1. The highest BCUT2D eigenvalue weighted by atomic mass is 32.2. The third-order valence-corrected chi connectivity index (χ3v) is 7.25. The van der Waals surface area contributed by atoms with Crippen LogP contribution < -0.4 is 10.5 Å². The summed E-state index contributed by atoms with van der Waals surface area (Å²) in [6.45, 7) is 3.65. The van der Waals surface area contributed by atoms with Crippen LogP contribution in [-0.4, -0.2) is 35.7 Å². The zero-order valence-electron chi connectivity index (χ0n) is 13.7. The van der Waals surface area contributed by atoms with Crippen LogP contribution in [0, 0.1) is 19.8 Å². The fourth-order valence-electron chi connectivity index (χ4n) is 3.19. The van der Waals surface area contributed by atoms with E-state index in [4.69, 9.17) is 5.73 Å². The lowest BCUT2D eigenvalue weighted by Gasteiger charge is -2.21. The van der Waals surface area contributed by atoms with Gasteiger partial charge in [0.25, 0.3) is 0 Å². The summed E-state index contributed by atoms with van der Waals surface area (Å²) in [5, 5.41) is 0. The molecule has 0 spiro atoms. The van der Waals surface area contributed by atoms with Crippen LogP contribution in [-0.2, 0) is 19.9 Å². The number of sulfone groups is 1. The molecule has 0 radical (unpaired) electrons. The minimum absolute atomic E-state index is 0.0283. The van der Waals surface area contributed by atoms with E-state index in [0.29, 0.717) is 12.1 Å². The Hall–Kier alpha value is -0.960. The summed E-state index contributed by atoms with van der Waals surface area (Å²) in [6, 6.07) is 2.83. The first-order valence-electron chi connectivity index (χ1n) is 7.60. The monoisotopic (exact) mass is 360 g/mol. The van der Waals surface area contributed by atoms with Gasteiger partial charge in [-0.05, 0) is 62.4 Å². The maximum Gasteiger partial charge on any atom is 0.241 e. The van der Waals surface area contributed by atoms with Gasteiger partial charge in [0, 0.05) is 12.3 Å². The summed E-state index contributed by atoms with van der Waals surface area (Å²) in [4.78, 5) is 0.0836. The highest BCUT2D eigenvalue weighted by Gasteiger charge is 2.32. The number of nitrogens with two attached hydrogens (primary N) is 1. The lowest BCUT2D eigenvalue weighted by molar-refractivity contribution is 0.452. The lowest BCUT2D eigenvalue weighted by Crippen LogP contribution is -2.40. The van der Waals surface area contributed by atoms with E-state index in [1.807, 2.05) is 0 Å². The Morgan fingerprint density at radius 3 is 2.30 bits per heavy atom. The van der Waals surface area contributed by atoms with Crippen LogP contribution in [0.5, 0.6) is 0 Å². The van der Waals surface area contributed by atoms with Gasteiger partial charge in [-0.2, -0.15) is 0 Å². The fraction of sp³-hybridized carbons (Fsp3) is 0.600. The normalized spacial score (nSPS) is 22.4. The van der Waals surface area contributed by atoms with Crippen molar-refractivity contribution in [3.05, 3.63) is 23.3 Å². The van der Waals surface area contributed by atoms with Gasteiger partial charge in [-0.15, -0.1) is 0 Å². The summed E-state index contributed by atoms with van der Waals surface area (Å²) >= 11 is 0. The van der Waals surface area contributed by atoms with E-state index in [-0.39, 0.29) is 27.3 Å². The number of sulfonamides is 1. The van der Waals surface area contributed by atoms with Crippen molar-refractivity contribution in [3.8, 4) is 0 Å². The third kappa shape index (κ3) is 3.93. The van der Waals surface area contributed by atoms with E-state index >= 15 is 0 Å². The highest BCUT2D eigenvalue weighted by molar-refractivity contribution is 7.91. The van der Waals surface area contributed by atoms with Gasteiger partial charge in [0.1, 0.15) is 0 Å². The quantitative estimate of drug-likeness (QED) is 0.818. The third-order valence-electron chi connectivity index (χ3n) is 4.41. The molecule has 0 unspecified atom stereocenters.